The smallest absolute Gasteiger partial charge is 0.293 e. The maximum Gasteiger partial charge on any atom is 0.293 e. The molecule has 98 valence electrons. The van der Waals surface area contributed by atoms with Crippen molar-refractivity contribution in [3.05, 3.63) is 31.9 Å². The predicted molar refractivity (Wildman–Crippen MR) is 76.9 cm³/mol. The zero-order valence-corrected chi connectivity index (χ0v) is 12.0. The van der Waals surface area contributed by atoms with Gasteiger partial charge in [-0.25, -0.2) is 0 Å². The third-order valence-electron chi connectivity index (χ3n) is 2.96. The summed E-state index contributed by atoms with van der Waals surface area (Å²) in [5, 5.41) is 17.4. The van der Waals surface area contributed by atoms with Gasteiger partial charge < -0.3 is 15.4 Å². The van der Waals surface area contributed by atoms with Crippen molar-refractivity contribution in [1.82, 2.24) is 5.32 Å². The van der Waals surface area contributed by atoms with Gasteiger partial charge in [-0.3, -0.25) is 10.1 Å². The van der Waals surface area contributed by atoms with Gasteiger partial charge in [0.05, 0.1) is 17.1 Å². The molecule has 6 nitrogen and oxygen atoms in total. The third kappa shape index (κ3) is 2.90. The second kappa shape index (κ2) is 5.81. The highest BCUT2D eigenvalue weighted by molar-refractivity contribution is 14.1. The summed E-state index contributed by atoms with van der Waals surface area (Å²) in [6.07, 6.45) is 0.0314. The second-order valence-electron chi connectivity index (χ2n) is 4.10. The number of nitrogens with one attached hydrogen (secondary N) is 2. The van der Waals surface area contributed by atoms with Gasteiger partial charge in [0.15, 0.2) is 0 Å². The summed E-state index contributed by atoms with van der Waals surface area (Å²) in [4.78, 5) is 10.6. The summed E-state index contributed by atoms with van der Waals surface area (Å²) in [6.45, 7) is 1.49. The Morgan fingerprint density at radius 3 is 3.00 bits per heavy atom. The number of anilines is 1. The van der Waals surface area contributed by atoms with Crippen LogP contribution in [0.1, 0.15) is 0 Å². The van der Waals surface area contributed by atoms with Crippen LogP contribution in [-0.2, 0) is 4.74 Å². The SMILES string of the molecule is CO[C@H]1CNCC1Nc1ccc(I)cc1[N+](=O)[O-]. The molecule has 0 spiro atoms. The Morgan fingerprint density at radius 1 is 1.56 bits per heavy atom. The van der Waals surface area contributed by atoms with Crippen LogP contribution in [0.15, 0.2) is 18.2 Å². The molecule has 1 heterocycles. The molecule has 0 aliphatic carbocycles. The maximum atomic E-state index is 11.0. The van der Waals surface area contributed by atoms with Crippen LogP contribution in [0.4, 0.5) is 11.4 Å². The zero-order valence-electron chi connectivity index (χ0n) is 9.85. The Morgan fingerprint density at radius 2 is 2.33 bits per heavy atom. The first-order valence-corrected chi connectivity index (χ1v) is 6.63. The van der Waals surface area contributed by atoms with Crippen LogP contribution < -0.4 is 10.6 Å². The molecule has 0 amide bonds. The minimum Gasteiger partial charge on any atom is -0.378 e. The molecule has 7 heteroatoms. The standard InChI is InChI=1S/C11H14IN3O3/c1-18-11-6-13-5-9(11)14-8-3-2-7(12)4-10(8)15(16)17/h2-4,9,11,13-14H,5-6H2,1H3/t9?,11-/m0/s1. The van der Waals surface area contributed by atoms with Gasteiger partial charge in [0, 0.05) is 29.8 Å². The van der Waals surface area contributed by atoms with Crippen molar-refractivity contribution >= 4 is 34.0 Å². The molecule has 2 N–H and O–H groups in total. The summed E-state index contributed by atoms with van der Waals surface area (Å²) in [7, 11) is 1.65. The van der Waals surface area contributed by atoms with Gasteiger partial charge in [0.25, 0.3) is 5.69 Å². The Kier molecular flexibility index (Phi) is 4.36. The lowest BCUT2D eigenvalue weighted by molar-refractivity contribution is -0.384. The predicted octanol–water partition coefficient (Wildman–Crippen LogP) is 1.60. The van der Waals surface area contributed by atoms with E-state index >= 15 is 0 Å². The van der Waals surface area contributed by atoms with Crippen molar-refractivity contribution in [2.24, 2.45) is 0 Å². The Bertz CT molecular complexity index is 455. The minimum absolute atomic E-state index is 0.0314. The molecular formula is C11H14IN3O3. The highest BCUT2D eigenvalue weighted by atomic mass is 127. The molecule has 1 aromatic rings. The van der Waals surface area contributed by atoms with Crippen LogP contribution in [0, 0.1) is 13.7 Å². The number of benzene rings is 1. The molecule has 1 fully saturated rings. The van der Waals surface area contributed by atoms with E-state index in [1.165, 1.54) is 0 Å². The van der Waals surface area contributed by atoms with Crippen LogP contribution >= 0.6 is 22.6 Å². The van der Waals surface area contributed by atoms with Crippen LogP contribution in [0.5, 0.6) is 0 Å². The Labute approximate surface area is 118 Å². The van der Waals surface area contributed by atoms with E-state index in [1.807, 2.05) is 6.07 Å². The van der Waals surface area contributed by atoms with Crippen molar-refractivity contribution in [3.8, 4) is 0 Å². The first kappa shape index (κ1) is 13.5. The summed E-state index contributed by atoms with van der Waals surface area (Å²) in [5.74, 6) is 0. The zero-order chi connectivity index (χ0) is 13.1. The quantitative estimate of drug-likeness (QED) is 0.483. The Hall–Kier alpha value is -0.930. The van der Waals surface area contributed by atoms with E-state index < -0.39 is 0 Å². The van der Waals surface area contributed by atoms with Crippen LogP contribution in [-0.4, -0.2) is 37.3 Å². The average molecular weight is 363 g/mol. The number of ether oxygens (including phenoxy) is 1. The van der Waals surface area contributed by atoms with Crippen molar-refractivity contribution in [2.45, 2.75) is 12.1 Å². The van der Waals surface area contributed by atoms with Crippen molar-refractivity contribution in [1.29, 1.82) is 0 Å². The first-order valence-electron chi connectivity index (χ1n) is 5.56. The molecule has 1 aliphatic heterocycles. The fraction of sp³-hybridized carbons (Fsp3) is 0.455. The lowest BCUT2D eigenvalue weighted by atomic mass is 10.2. The third-order valence-corrected chi connectivity index (χ3v) is 3.63. The molecule has 1 aliphatic rings. The highest BCUT2D eigenvalue weighted by Gasteiger charge is 2.28. The van der Waals surface area contributed by atoms with E-state index in [-0.39, 0.29) is 22.8 Å². The first-order chi connectivity index (χ1) is 8.61. The monoisotopic (exact) mass is 363 g/mol. The molecule has 0 aromatic heterocycles. The number of nitro benzene ring substituents is 1. The van der Waals surface area contributed by atoms with Crippen molar-refractivity contribution in [2.75, 3.05) is 25.5 Å². The highest BCUT2D eigenvalue weighted by Crippen LogP contribution is 2.27. The molecule has 18 heavy (non-hydrogen) atoms. The van der Waals surface area contributed by atoms with E-state index in [2.05, 4.69) is 33.2 Å². The van der Waals surface area contributed by atoms with Gasteiger partial charge in [-0.1, -0.05) is 0 Å². The topological polar surface area (TPSA) is 76.4 Å². The maximum absolute atomic E-state index is 11.0. The number of rotatable bonds is 4. The van der Waals surface area contributed by atoms with E-state index in [1.54, 1.807) is 19.2 Å². The molecule has 0 bridgehead atoms. The summed E-state index contributed by atoms with van der Waals surface area (Å²) >= 11 is 2.06. The molecule has 0 saturated carbocycles. The molecule has 2 rings (SSSR count). The van der Waals surface area contributed by atoms with Crippen LogP contribution in [0.25, 0.3) is 0 Å². The van der Waals surface area contributed by atoms with Crippen LogP contribution in [0.3, 0.4) is 0 Å². The van der Waals surface area contributed by atoms with Crippen molar-refractivity contribution < 1.29 is 9.66 Å². The van der Waals surface area contributed by atoms with Gasteiger partial charge in [-0.2, -0.15) is 0 Å². The summed E-state index contributed by atoms with van der Waals surface area (Å²) in [6, 6.07) is 5.20. The number of hydrogen-bond acceptors (Lipinski definition) is 5. The van der Waals surface area contributed by atoms with Crippen molar-refractivity contribution in [3.63, 3.8) is 0 Å². The number of nitro groups is 1. The molecule has 1 unspecified atom stereocenters. The number of methoxy groups -OCH3 is 1. The lowest BCUT2D eigenvalue weighted by Gasteiger charge is -2.19. The van der Waals surface area contributed by atoms with E-state index in [9.17, 15) is 10.1 Å². The summed E-state index contributed by atoms with van der Waals surface area (Å²) < 4.78 is 6.17. The van der Waals surface area contributed by atoms with Gasteiger partial charge >= 0.3 is 0 Å². The normalized spacial score (nSPS) is 23.0. The van der Waals surface area contributed by atoms with Gasteiger partial charge in [0.1, 0.15) is 5.69 Å². The molecule has 1 saturated heterocycles. The van der Waals surface area contributed by atoms with E-state index in [0.717, 1.165) is 16.7 Å². The Balaban J connectivity index is 2.20. The second-order valence-corrected chi connectivity index (χ2v) is 5.35. The minimum atomic E-state index is -0.366. The van der Waals surface area contributed by atoms with Gasteiger partial charge in [-0.15, -0.1) is 0 Å². The van der Waals surface area contributed by atoms with Gasteiger partial charge in [-0.05, 0) is 34.7 Å². The summed E-state index contributed by atoms with van der Waals surface area (Å²) in [5.41, 5.74) is 0.639. The molecule has 0 radical (unpaired) electrons. The lowest BCUT2D eigenvalue weighted by Crippen LogP contribution is -2.33. The number of hydrogen-bond donors (Lipinski definition) is 2. The van der Waals surface area contributed by atoms with E-state index in [4.69, 9.17) is 4.74 Å². The molecular weight excluding hydrogens is 349 g/mol. The molecule has 2 atom stereocenters. The van der Waals surface area contributed by atoms with Crippen LogP contribution in [0.2, 0.25) is 0 Å². The molecule has 1 aromatic carbocycles. The largest absolute Gasteiger partial charge is 0.378 e. The van der Waals surface area contributed by atoms with Gasteiger partial charge in [0.2, 0.25) is 0 Å². The average Bonchev–Trinajstić information content (AvgIpc) is 2.78. The van der Waals surface area contributed by atoms with E-state index in [0.29, 0.717) is 5.69 Å². The fourth-order valence-electron chi connectivity index (χ4n) is 2.02. The number of halogens is 1. The fourth-order valence-corrected chi connectivity index (χ4v) is 2.50. The number of nitrogens with zero attached hydrogens (tertiary/aromatic N) is 1.